The molecule has 1 aliphatic rings. The number of aliphatic hydroxyl groups excluding tert-OH is 1. The second kappa shape index (κ2) is 6.64. The lowest BCUT2D eigenvalue weighted by atomic mass is 9.76. The Morgan fingerprint density at radius 3 is 2.80 bits per heavy atom. The highest BCUT2D eigenvalue weighted by Crippen LogP contribution is 2.37. The van der Waals surface area contributed by atoms with Gasteiger partial charge >= 0.3 is 0 Å². The predicted octanol–water partition coefficient (Wildman–Crippen LogP) is 2.06. The topological polar surface area (TPSA) is 80.0 Å². The van der Waals surface area contributed by atoms with Crippen molar-refractivity contribution in [1.82, 2.24) is 20.1 Å². The van der Waals surface area contributed by atoms with E-state index in [1.807, 2.05) is 42.5 Å². The van der Waals surface area contributed by atoms with Crippen LogP contribution in [0.15, 0.2) is 54.9 Å². The molecule has 0 unspecified atom stereocenters. The van der Waals surface area contributed by atoms with Gasteiger partial charge in [0.25, 0.3) is 0 Å². The van der Waals surface area contributed by atoms with Crippen molar-refractivity contribution in [3.63, 3.8) is 0 Å². The quantitative estimate of drug-likeness (QED) is 0.747. The van der Waals surface area contributed by atoms with Crippen molar-refractivity contribution in [2.24, 2.45) is 5.92 Å². The van der Waals surface area contributed by atoms with Gasteiger partial charge in [-0.1, -0.05) is 24.3 Å². The molecule has 2 aromatic heterocycles. The van der Waals surface area contributed by atoms with E-state index in [1.54, 1.807) is 17.1 Å². The molecule has 1 fully saturated rings. The molecular formula is C19H20N4O2. The number of hydrogen-bond acceptors (Lipinski definition) is 4. The van der Waals surface area contributed by atoms with Gasteiger partial charge in [-0.2, -0.15) is 5.10 Å². The molecule has 6 nitrogen and oxygen atoms in total. The molecule has 6 heteroatoms. The standard InChI is InChI=1S/C19H20N4O2/c24-15-9-14(10-15)19(16-6-3-4-8-20-16)22-18(25)12-23-17-7-2-1-5-13(17)11-21-23/h1-8,11,14-15,19,24H,9-10,12H2,(H,22,25)/t14?,15?,19-/m1/s1. The maximum absolute atomic E-state index is 12.6. The maximum Gasteiger partial charge on any atom is 0.242 e. The molecule has 0 radical (unpaired) electrons. The molecule has 1 saturated carbocycles. The van der Waals surface area contributed by atoms with E-state index in [4.69, 9.17) is 0 Å². The molecule has 2 heterocycles. The lowest BCUT2D eigenvalue weighted by Gasteiger charge is -2.37. The third kappa shape index (κ3) is 3.25. The molecule has 0 saturated heterocycles. The number of hydrogen-bond donors (Lipinski definition) is 2. The molecule has 128 valence electrons. The van der Waals surface area contributed by atoms with Crippen molar-refractivity contribution in [3.05, 3.63) is 60.6 Å². The summed E-state index contributed by atoms with van der Waals surface area (Å²) in [5, 5.41) is 18.0. The molecule has 0 bridgehead atoms. The van der Waals surface area contributed by atoms with Gasteiger partial charge in [0.05, 0.1) is 29.6 Å². The third-order valence-electron chi connectivity index (χ3n) is 4.79. The van der Waals surface area contributed by atoms with Gasteiger partial charge in [-0.15, -0.1) is 0 Å². The number of carbonyl (C=O) groups is 1. The zero-order valence-corrected chi connectivity index (χ0v) is 13.7. The molecule has 1 amide bonds. The fraction of sp³-hybridized carbons (Fsp3) is 0.316. The normalized spacial score (nSPS) is 20.8. The van der Waals surface area contributed by atoms with Crippen molar-refractivity contribution in [3.8, 4) is 0 Å². The van der Waals surface area contributed by atoms with E-state index < -0.39 is 0 Å². The fourth-order valence-electron chi connectivity index (χ4n) is 3.40. The summed E-state index contributed by atoms with van der Waals surface area (Å²) in [4.78, 5) is 17.0. The smallest absolute Gasteiger partial charge is 0.242 e. The van der Waals surface area contributed by atoms with E-state index in [-0.39, 0.29) is 30.5 Å². The number of carbonyl (C=O) groups excluding carboxylic acids is 1. The number of aliphatic hydroxyl groups is 1. The summed E-state index contributed by atoms with van der Waals surface area (Å²) in [6, 6.07) is 13.3. The highest BCUT2D eigenvalue weighted by Gasteiger charge is 2.36. The summed E-state index contributed by atoms with van der Waals surface area (Å²) >= 11 is 0. The first-order valence-electron chi connectivity index (χ1n) is 8.49. The number of nitrogens with one attached hydrogen (secondary N) is 1. The van der Waals surface area contributed by atoms with Crippen LogP contribution >= 0.6 is 0 Å². The van der Waals surface area contributed by atoms with Crippen molar-refractivity contribution in [2.45, 2.75) is 31.5 Å². The van der Waals surface area contributed by atoms with Gasteiger partial charge in [0.15, 0.2) is 0 Å². The van der Waals surface area contributed by atoms with Crippen LogP contribution in [0.5, 0.6) is 0 Å². The summed E-state index contributed by atoms with van der Waals surface area (Å²) < 4.78 is 1.70. The Bertz CT molecular complexity index is 871. The van der Waals surface area contributed by atoms with Crippen LogP contribution in [0.2, 0.25) is 0 Å². The van der Waals surface area contributed by atoms with Gasteiger partial charge in [0, 0.05) is 11.6 Å². The number of fused-ring (bicyclic) bond motifs is 1. The highest BCUT2D eigenvalue weighted by atomic mass is 16.3. The van der Waals surface area contributed by atoms with Crippen LogP contribution in [-0.2, 0) is 11.3 Å². The Morgan fingerprint density at radius 1 is 1.24 bits per heavy atom. The second-order valence-corrected chi connectivity index (χ2v) is 6.55. The van der Waals surface area contributed by atoms with Crippen LogP contribution in [0.1, 0.15) is 24.6 Å². The molecule has 1 atom stereocenters. The Labute approximate surface area is 145 Å². The summed E-state index contributed by atoms with van der Waals surface area (Å²) in [5.41, 5.74) is 1.77. The van der Waals surface area contributed by atoms with Crippen LogP contribution in [0.25, 0.3) is 10.9 Å². The molecular weight excluding hydrogens is 316 g/mol. The van der Waals surface area contributed by atoms with Crippen LogP contribution < -0.4 is 5.32 Å². The van der Waals surface area contributed by atoms with Gasteiger partial charge in [0.2, 0.25) is 5.91 Å². The van der Waals surface area contributed by atoms with E-state index in [0.29, 0.717) is 12.8 Å². The molecule has 0 spiro atoms. The summed E-state index contributed by atoms with van der Waals surface area (Å²) in [7, 11) is 0. The minimum atomic E-state index is -0.275. The predicted molar refractivity (Wildman–Crippen MR) is 93.6 cm³/mol. The van der Waals surface area contributed by atoms with E-state index in [0.717, 1.165) is 16.6 Å². The first-order valence-corrected chi connectivity index (χ1v) is 8.49. The minimum absolute atomic E-state index is 0.106. The zero-order valence-electron chi connectivity index (χ0n) is 13.7. The largest absolute Gasteiger partial charge is 0.393 e. The number of para-hydroxylation sites is 1. The SMILES string of the molecule is O=C(Cn1ncc2ccccc21)N[C@@H](c1ccccn1)C1CC(O)C1. The van der Waals surface area contributed by atoms with E-state index in [1.165, 1.54) is 0 Å². The molecule has 1 aromatic carbocycles. The van der Waals surface area contributed by atoms with Gasteiger partial charge in [-0.05, 0) is 37.0 Å². The number of nitrogens with zero attached hydrogens (tertiary/aromatic N) is 3. The maximum atomic E-state index is 12.6. The van der Waals surface area contributed by atoms with Crippen molar-refractivity contribution >= 4 is 16.8 Å². The zero-order chi connectivity index (χ0) is 17.2. The van der Waals surface area contributed by atoms with E-state index >= 15 is 0 Å². The molecule has 3 aromatic rings. The van der Waals surface area contributed by atoms with Crippen LogP contribution in [0.4, 0.5) is 0 Å². The average molecular weight is 336 g/mol. The Kier molecular flexibility index (Phi) is 4.19. The van der Waals surface area contributed by atoms with Crippen molar-refractivity contribution < 1.29 is 9.90 Å². The van der Waals surface area contributed by atoms with E-state index in [9.17, 15) is 9.90 Å². The number of pyridine rings is 1. The third-order valence-corrected chi connectivity index (χ3v) is 4.79. The summed E-state index contributed by atoms with van der Waals surface area (Å²) in [6.07, 6.45) is 4.59. The average Bonchev–Trinajstić information content (AvgIpc) is 3.01. The Hall–Kier alpha value is -2.73. The number of aromatic nitrogens is 3. The summed E-state index contributed by atoms with van der Waals surface area (Å²) in [6.45, 7) is 0.159. The van der Waals surface area contributed by atoms with Gasteiger partial charge in [0.1, 0.15) is 6.54 Å². The minimum Gasteiger partial charge on any atom is -0.393 e. The van der Waals surface area contributed by atoms with E-state index in [2.05, 4.69) is 15.4 Å². The molecule has 0 aliphatic heterocycles. The monoisotopic (exact) mass is 336 g/mol. The van der Waals surface area contributed by atoms with Crippen molar-refractivity contribution in [1.29, 1.82) is 0 Å². The van der Waals surface area contributed by atoms with Crippen LogP contribution in [0.3, 0.4) is 0 Å². The Morgan fingerprint density at radius 2 is 2.04 bits per heavy atom. The van der Waals surface area contributed by atoms with Crippen LogP contribution in [0, 0.1) is 5.92 Å². The highest BCUT2D eigenvalue weighted by molar-refractivity contribution is 5.82. The molecule has 1 aliphatic carbocycles. The van der Waals surface area contributed by atoms with Crippen molar-refractivity contribution in [2.75, 3.05) is 0 Å². The van der Waals surface area contributed by atoms with Gasteiger partial charge in [-0.25, -0.2) is 0 Å². The molecule has 25 heavy (non-hydrogen) atoms. The number of rotatable bonds is 5. The first-order chi connectivity index (χ1) is 12.2. The summed E-state index contributed by atoms with van der Waals surface area (Å²) in [5.74, 6) is 0.106. The lowest BCUT2D eigenvalue weighted by Crippen LogP contribution is -2.42. The van der Waals surface area contributed by atoms with Gasteiger partial charge < -0.3 is 10.4 Å². The van der Waals surface area contributed by atoms with Gasteiger partial charge in [-0.3, -0.25) is 14.5 Å². The Balaban J connectivity index is 1.50. The number of amides is 1. The van der Waals surface area contributed by atoms with Crippen LogP contribution in [-0.4, -0.2) is 31.9 Å². The fourth-order valence-corrected chi connectivity index (χ4v) is 3.40. The molecule has 2 N–H and O–H groups in total. The lowest BCUT2D eigenvalue weighted by molar-refractivity contribution is -0.123. The molecule has 4 rings (SSSR count). The first kappa shape index (κ1) is 15.8. The second-order valence-electron chi connectivity index (χ2n) is 6.55. The number of benzene rings is 1.